The number of alkyl halides is 3. The van der Waals surface area contributed by atoms with Crippen molar-refractivity contribution in [2.24, 2.45) is 0 Å². The number of piperidine rings is 1. The Morgan fingerprint density at radius 2 is 1.90 bits per heavy atom. The van der Waals surface area contributed by atoms with Crippen LogP contribution in [-0.4, -0.2) is 54.0 Å². The van der Waals surface area contributed by atoms with Crippen LogP contribution in [0, 0.1) is 0 Å². The zero-order chi connectivity index (χ0) is 22.4. The van der Waals surface area contributed by atoms with Crippen LogP contribution in [0.1, 0.15) is 24.6 Å². The van der Waals surface area contributed by atoms with E-state index in [0.717, 1.165) is 4.88 Å². The first-order chi connectivity index (χ1) is 14.7. The zero-order valence-electron chi connectivity index (χ0n) is 16.8. The first-order valence-corrected chi connectivity index (χ1v) is 10.6. The lowest BCUT2D eigenvalue weighted by atomic mass is 10.1. The Kier molecular flexibility index (Phi) is 7.37. The molecule has 168 valence electrons. The zero-order valence-corrected chi connectivity index (χ0v) is 17.6. The van der Waals surface area contributed by atoms with Crippen molar-refractivity contribution in [1.29, 1.82) is 0 Å². The highest BCUT2D eigenvalue weighted by Gasteiger charge is 2.31. The normalized spacial score (nSPS) is 14.9. The number of thiazole rings is 1. The summed E-state index contributed by atoms with van der Waals surface area (Å²) in [6.45, 7) is 3.15. The van der Waals surface area contributed by atoms with Crippen LogP contribution in [0.3, 0.4) is 0 Å². The number of likely N-dealkylation sites (tertiary alicyclic amines) is 1. The molecule has 3 rings (SSSR count). The van der Waals surface area contributed by atoms with E-state index in [-0.39, 0.29) is 30.2 Å². The minimum atomic E-state index is -4.74. The molecule has 1 fully saturated rings. The molecule has 0 aliphatic carbocycles. The highest BCUT2D eigenvalue weighted by atomic mass is 32.1. The van der Waals surface area contributed by atoms with Gasteiger partial charge in [0.2, 0.25) is 5.91 Å². The maximum Gasteiger partial charge on any atom is 0.573 e. The van der Waals surface area contributed by atoms with Crippen LogP contribution in [-0.2, 0) is 16.0 Å². The molecule has 0 radical (unpaired) electrons. The Balaban J connectivity index is 1.48. The van der Waals surface area contributed by atoms with Gasteiger partial charge in [0, 0.05) is 35.8 Å². The number of rotatable bonds is 6. The van der Waals surface area contributed by atoms with E-state index in [1.54, 1.807) is 18.0 Å². The standard InChI is InChI=1S/C20H22F3N3O4S/c1-2-29-19(28)26-9-7-14(8-10-26)25-17(27)11-16-12-24-18(31-16)13-3-5-15(6-4-13)30-20(21,22)23/h3-6,12,14H,2,7-11H2,1H3,(H,25,27). The molecule has 31 heavy (non-hydrogen) atoms. The van der Waals surface area contributed by atoms with Gasteiger partial charge in [-0.3, -0.25) is 4.79 Å². The van der Waals surface area contributed by atoms with E-state index in [2.05, 4.69) is 15.0 Å². The van der Waals surface area contributed by atoms with Crippen LogP contribution in [0.4, 0.5) is 18.0 Å². The summed E-state index contributed by atoms with van der Waals surface area (Å²) in [7, 11) is 0. The van der Waals surface area contributed by atoms with Gasteiger partial charge in [0.25, 0.3) is 0 Å². The van der Waals surface area contributed by atoms with Crippen LogP contribution in [0.5, 0.6) is 5.75 Å². The van der Waals surface area contributed by atoms with Crippen molar-refractivity contribution in [1.82, 2.24) is 15.2 Å². The molecular formula is C20H22F3N3O4S. The Morgan fingerprint density at radius 1 is 1.23 bits per heavy atom. The van der Waals surface area contributed by atoms with Crippen LogP contribution in [0.25, 0.3) is 10.6 Å². The topological polar surface area (TPSA) is 80.8 Å². The van der Waals surface area contributed by atoms with Crippen molar-refractivity contribution >= 4 is 23.3 Å². The molecule has 2 aromatic rings. The van der Waals surface area contributed by atoms with Crippen molar-refractivity contribution in [2.75, 3.05) is 19.7 Å². The number of carbonyl (C=O) groups is 2. The van der Waals surface area contributed by atoms with Gasteiger partial charge >= 0.3 is 12.5 Å². The predicted octanol–water partition coefficient (Wildman–Crippen LogP) is 3.99. The fourth-order valence-corrected chi connectivity index (χ4v) is 4.10. The third kappa shape index (κ3) is 6.84. The number of benzene rings is 1. The van der Waals surface area contributed by atoms with Crippen molar-refractivity contribution in [3.8, 4) is 16.3 Å². The van der Waals surface area contributed by atoms with Crippen molar-refractivity contribution in [2.45, 2.75) is 38.6 Å². The van der Waals surface area contributed by atoms with Crippen LogP contribution in [0.2, 0.25) is 0 Å². The second kappa shape index (κ2) is 9.99. The quantitative estimate of drug-likeness (QED) is 0.710. The van der Waals surface area contributed by atoms with E-state index in [1.165, 1.54) is 35.6 Å². The molecule has 0 spiro atoms. The van der Waals surface area contributed by atoms with E-state index in [4.69, 9.17) is 4.74 Å². The summed E-state index contributed by atoms with van der Waals surface area (Å²) >= 11 is 1.30. The average molecular weight is 457 g/mol. The largest absolute Gasteiger partial charge is 0.573 e. The van der Waals surface area contributed by atoms with E-state index >= 15 is 0 Å². The van der Waals surface area contributed by atoms with Gasteiger partial charge in [-0.15, -0.1) is 24.5 Å². The van der Waals surface area contributed by atoms with Gasteiger partial charge in [-0.25, -0.2) is 9.78 Å². The molecule has 1 aromatic heterocycles. The number of amides is 2. The predicted molar refractivity (Wildman–Crippen MR) is 108 cm³/mol. The molecule has 7 nitrogen and oxygen atoms in total. The highest BCUT2D eigenvalue weighted by Crippen LogP contribution is 2.29. The summed E-state index contributed by atoms with van der Waals surface area (Å²) in [5.74, 6) is -0.444. The van der Waals surface area contributed by atoms with E-state index in [1.807, 2.05) is 0 Å². The van der Waals surface area contributed by atoms with E-state index in [0.29, 0.717) is 43.1 Å². The van der Waals surface area contributed by atoms with Crippen LogP contribution < -0.4 is 10.1 Å². The first-order valence-electron chi connectivity index (χ1n) is 9.75. The van der Waals surface area contributed by atoms with Crippen molar-refractivity contribution in [3.05, 3.63) is 35.3 Å². The Labute approximate surface area is 181 Å². The summed E-state index contributed by atoms with van der Waals surface area (Å²) in [6.07, 6.45) is -2.01. The summed E-state index contributed by atoms with van der Waals surface area (Å²) in [5.41, 5.74) is 0.637. The van der Waals surface area contributed by atoms with Gasteiger partial charge in [-0.05, 0) is 44.0 Å². The number of hydrogen-bond donors (Lipinski definition) is 1. The molecule has 0 unspecified atom stereocenters. The summed E-state index contributed by atoms with van der Waals surface area (Å²) in [5, 5.41) is 3.58. The smallest absolute Gasteiger partial charge is 0.450 e. The average Bonchev–Trinajstić information content (AvgIpc) is 3.16. The van der Waals surface area contributed by atoms with Crippen molar-refractivity contribution < 1.29 is 32.2 Å². The lowest BCUT2D eigenvalue weighted by Gasteiger charge is -2.31. The molecule has 1 N–H and O–H groups in total. The second-order valence-corrected chi connectivity index (χ2v) is 8.02. The SMILES string of the molecule is CCOC(=O)N1CCC(NC(=O)Cc2cnc(-c3ccc(OC(F)(F)F)cc3)s2)CC1. The Morgan fingerprint density at radius 3 is 2.52 bits per heavy atom. The van der Waals surface area contributed by atoms with Gasteiger partial charge in [-0.2, -0.15) is 0 Å². The molecule has 0 bridgehead atoms. The molecule has 1 aliphatic rings. The molecule has 1 saturated heterocycles. The summed E-state index contributed by atoms with van der Waals surface area (Å²) < 4.78 is 45.6. The maximum atomic E-state index is 12.4. The lowest BCUT2D eigenvalue weighted by Crippen LogP contribution is -2.47. The van der Waals surface area contributed by atoms with E-state index < -0.39 is 6.36 Å². The molecule has 1 aromatic carbocycles. The fourth-order valence-electron chi connectivity index (χ4n) is 3.18. The fraction of sp³-hybridized carbons (Fsp3) is 0.450. The maximum absolute atomic E-state index is 12.4. The minimum Gasteiger partial charge on any atom is -0.450 e. The Hall–Kier alpha value is -2.82. The molecule has 1 aliphatic heterocycles. The van der Waals surface area contributed by atoms with Gasteiger partial charge in [0.15, 0.2) is 0 Å². The first kappa shape index (κ1) is 22.9. The van der Waals surface area contributed by atoms with Gasteiger partial charge < -0.3 is 19.7 Å². The number of ether oxygens (including phenoxy) is 2. The van der Waals surface area contributed by atoms with Gasteiger partial charge in [0.05, 0.1) is 13.0 Å². The summed E-state index contributed by atoms with van der Waals surface area (Å²) in [4.78, 5) is 30.7. The molecule has 0 saturated carbocycles. The number of halogens is 3. The van der Waals surface area contributed by atoms with Gasteiger partial charge in [0.1, 0.15) is 10.8 Å². The number of nitrogens with one attached hydrogen (secondary N) is 1. The minimum absolute atomic E-state index is 0.00764. The molecule has 0 atom stereocenters. The molecule has 2 heterocycles. The van der Waals surface area contributed by atoms with Crippen LogP contribution in [0.15, 0.2) is 30.5 Å². The number of aromatic nitrogens is 1. The van der Waals surface area contributed by atoms with Crippen LogP contribution >= 0.6 is 11.3 Å². The number of carbonyl (C=O) groups excluding carboxylic acids is 2. The highest BCUT2D eigenvalue weighted by molar-refractivity contribution is 7.15. The van der Waals surface area contributed by atoms with Crippen molar-refractivity contribution in [3.63, 3.8) is 0 Å². The molecule has 2 amide bonds. The molecular weight excluding hydrogens is 435 g/mol. The second-order valence-electron chi connectivity index (χ2n) is 6.91. The monoisotopic (exact) mass is 457 g/mol. The van der Waals surface area contributed by atoms with E-state index in [9.17, 15) is 22.8 Å². The number of nitrogens with zero attached hydrogens (tertiary/aromatic N) is 2. The number of hydrogen-bond acceptors (Lipinski definition) is 6. The lowest BCUT2D eigenvalue weighted by molar-refractivity contribution is -0.274. The molecule has 11 heteroatoms. The third-order valence-electron chi connectivity index (χ3n) is 4.61. The van der Waals surface area contributed by atoms with Gasteiger partial charge in [-0.1, -0.05) is 0 Å². The third-order valence-corrected chi connectivity index (χ3v) is 5.66. The Bertz CT molecular complexity index is 894. The summed E-state index contributed by atoms with van der Waals surface area (Å²) in [6, 6.07) is 5.41.